The van der Waals surface area contributed by atoms with Crippen LogP contribution in [0.1, 0.15) is 12.5 Å². The number of carboxylic acid groups (broad SMARTS) is 1. The monoisotopic (exact) mass is 283 g/mol. The second-order valence-electron chi connectivity index (χ2n) is 4.38. The Morgan fingerprint density at radius 3 is 2.47 bits per heavy atom. The van der Waals surface area contributed by atoms with Crippen LogP contribution in [-0.2, 0) is 15.8 Å². The molecule has 1 aromatic carbocycles. The van der Waals surface area contributed by atoms with Crippen molar-refractivity contribution < 1.29 is 19.4 Å². The normalized spacial score (nSPS) is 16.7. The minimum absolute atomic E-state index is 0.0769. The lowest BCUT2D eigenvalue weighted by Gasteiger charge is -2.15. The molecule has 104 valence electrons. The topological polar surface area (TPSA) is 101 Å². The zero-order valence-corrected chi connectivity index (χ0v) is 11.6. The van der Waals surface area contributed by atoms with Crippen molar-refractivity contribution in [3.05, 3.63) is 47.5 Å². The number of nitrogens with two attached hydrogens (primary N) is 1. The third-order valence-electron chi connectivity index (χ3n) is 2.73. The number of carboxylic acids is 1. The van der Waals surface area contributed by atoms with Crippen LogP contribution < -0.4 is 5.73 Å². The SMILES string of the molecule is CC(N)P(=O)(O)C/C(=C\Cc1ccccc1)C(=O)O. The fourth-order valence-corrected chi connectivity index (χ4v) is 2.50. The molecule has 0 heterocycles. The van der Waals surface area contributed by atoms with Gasteiger partial charge < -0.3 is 15.7 Å². The summed E-state index contributed by atoms with van der Waals surface area (Å²) in [6.07, 6.45) is 1.46. The zero-order chi connectivity index (χ0) is 14.5. The van der Waals surface area contributed by atoms with E-state index in [9.17, 15) is 14.3 Å². The highest BCUT2D eigenvalue weighted by molar-refractivity contribution is 7.59. The summed E-state index contributed by atoms with van der Waals surface area (Å²) in [5.41, 5.74) is 6.26. The van der Waals surface area contributed by atoms with Gasteiger partial charge in [-0.05, 0) is 18.9 Å². The second kappa shape index (κ2) is 6.66. The van der Waals surface area contributed by atoms with Crippen LogP contribution in [-0.4, -0.2) is 27.9 Å². The van der Waals surface area contributed by atoms with Crippen LogP contribution in [0, 0.1) is 0 Å². The summed E-state index contributed by atoms with van der Waals surface area (Å²) >= 11 is 0. The van der Waals surface area contributed by atoms with Gasteiger partial charge in [0, 0.05) is 5.57 Å². The molecule has 0 aliphatic heterocycles. The highest BCUT2D eigenvalue weighted by atomic mass is 31.2. The first-order valence-electron chi connectivity index (χ1n) is 5.86. The predicted molar refractivity (Wildman–Crippen MR) is 74.2 cm³/mol. The first-order chi connectivity index (χ1) is 8.83. The minimum Gasteiger partial charge on any atom is -0.478 e. The maximum absolute atomic E-state index is 11.8. The average molecular weight is 283 g/mol. The van der Waals surface area contributed by atoms with Crippen LogP contribution in [0.4, 0.5) is 0 Å². The molecule has 0 aromatic heterocycles. The Hall–Kier alpha value is -1.42. The molecule has 0 spiro atoms. The van der Waals surface area contributed by atoms with Gasteiger partial charge in [-0.3, -0.25) is 4.57 Å². The molecule has 0 aliphatic rings. The van der Waals surface area contributed by atoms with Crippen LogP contribution in [0.25, 0.3) is 0 Å². The van der Waals surface area contributed by atoms with Crippen molar-refractivity contribution >= 4 is 13.3 Å². The first kappa shape index (κ1) is 15.6. The number of aliphatic carboxylic acids is 1. The largest absolute Gasteiger partial charge is 0.478 e. The molecule has 19 heavy (non-hydrogen) atoms. The van der Waals surface area contributed by atoms with Crippen molar-refractivity contribution in [2.75, 3.05) is 6.16 Å². The fraction of sp³-hybridized carbons (Fsp3) is 0.308. The molecular weight excluding hydrogens is 265 g/mol. The minimum atomic E-state index is -3.67. The van der Waals surface area contributed by atoms with Crippen LogP contribution in [0.5, 0.6) is 0 Å². The van der Waals surface area contributed by atoms with Crippen LogP contribution in [0.3, 0.4) is 0 Å². The predicted octanol–water partition coefficient (Wildman–Crippen LogP) is 1.82. The van der Waals surface area contributed by atoms with Gasteiger partial charge in [-0.15, -0.1) is 0 Å². The van der Waals surface area contributed by atoms with Gasteiger partial charge in [0.15, 0.2) is 0 Å². The highest BCUT2D eigenvalue weighted by Crippen LogP contribution is 2.45. The highest BCUT2D eigenvalue weighted by Gasteiger charge is 2.27. The Kier molecular flexibility index (Phi) is 5.48. The van der Waals surface area contributed by atoms with E-state index in [1.807, 2.05) is 30.3 Å². The van der Waals surface area contributed by atoms with Crippen molar-refractivity contribution in [3.8, 4) is 0 Å². The Labute approximate surface area is 112 Å². The summed E-state index contributed by atoms with van der Waals surface area (Å²) in [5.74, 6) is -2.13. The number of rotatable bonds is 6. The molecule has 0 saturated heterocycles. The molecular formula is C13H18NO4P. The molecule has 0 radical (unpaired) electrons. The third-order valence-corrected chi connectivity index (χ3v) is 4.80. The molecule has 5 nitrogen and oxygen atoms in total. The summed E-state index contributed by atoms with van der Waals surface area (Å²) in [7, 11) is -3.67. The summed E-state index contributed by atoms with van der Waals surface area (Å²) in [5, 5.41) is 9.06. The van der Waals surface area contributed by atoms with E-state index in [1.54, 1.807) is 0 Å². The van der Waals surface area contributed by atoms with Gasteiger partial charge in [-0.25, -0.2) is 4.79 Å². The summed E-state index contributed by atoms with van der Waals surface area (Å²) in [6.45, 7) is 1.40. The van der Waals surface area contributed by atoms with E-state index in [0.29, 0.717) is 6.42 Å². The molecule has 6 heteroatoms. The van der Waals surface area contributed by atoms with Gasteiger partial charge in [0.25, 0.3) is 0 Å². The van der Waals surface area contributed by atoms with E-state index in [0.717, 1.165) is 5.56 Å². The molecule has 2 atom stereocenters. The van der Waals surface area contributed by atoms with E-state index in [1.165, 1.54) is 13.0 Å². The Morgan fingerprint density at radius 2 is 2.00 bits per heavy atom. The van der Waals surface area contributed by atoms with Crippen molar-refractivity contribution in [3.63, 3.8) is 0 Å². The van der Waals surface area contributed by atoms with Crippen molar-refractivity contribution in [2.24, 2.45) is 5.73 Å². The number of carbonyl (C=O) groups is 1. The van der Waals surface area contributed by atoms with E-state index < -0.39 is 25.3 Å². The lowest BCUT2D eigenvalue weighted by molar-refractivity contribution is -0.132. The van der Waals surface area contributed by atoms with Gasteiger partial charge in [0.1, 0.15) is 0 Å². The molecule has 4 N–H and O–H groups in total. The quantitative estimate of drug-likeness (QED) is 0.546. The molecule has 0 amide bonds. The molecule has 0 saturated carbocycles. The van der Waals surface area contributed by atoms with Crippen LogP contribution in [0.2, 0.25) is 0 Å². The molecule has 1 aromatic rings. The van der Waals surface area contributed by atoms with E-state index in [2.05, 4.69) is 0 Å². The van der Waals surface area contributed by atoms with Gasteiger partial charge in [0.05, 0.1) is 11.9 Å². The lowest BCUT2D eigenvalue weighted by atomic mass is 10.1. The Balaban J connectivity index is 2.84. The Bertz CT molecular complexity index is 511. The maximum atomic E-state index is 11.8. The smallest absolute Gasteiger partial charge is 0.331 e. The number of benzene rings is 1. The number of hydrogen-bond donors (Lipinski definition) is 3. The van der Waals surface area contributed by atoms with E-state index >= 15 is 0 Å². The van der Waals surface area contributed by atoms with Crippen LogP contribution in [0.15, 0.2) is 42.0 Å². The van der Waals surface area contributed by atoms with E-state index in [4.69, 9.17) is 10.8 Å². The molecule has 0 bridgehead atoms. The standard InChI is InChI=1S/C13H18NO4P/c1-10(14)19(17,18)9-12(13(15)16)8-7-11-5-3-2-4-6-11/h2-6,8,10H,7,9,14H2,1H3,(H,15,16)(H,17,18)/b12-8+. The second-order valence-corrected chi connectivity index (χ2v) is 7.02. The summed E-state index contributed by atoms with van der Waals surface area (Å²) in [4.78, 5) is 20.7. The van der Waals surface area contributed by atoms with Crippen LogP contribution >= 0.6 is 7.37 Å². The molecule has 0 aliphatic carbocycles. The Morgan fingerprint density at radius 1 is 1.42 bits per heavy atom. The molecule has 2 unspecified atom stereocenters. The van der Waals surface area contributed by atoms with Gasteiger partial charge in [-0.2, -0.15) is 0 Å². The molecule has 1 rings (SSSR count). The van der Waals surface area contributed by atoms with Gasteiger partial charge in [-0.1, -0.05) is 36.4 Å². The van der Waals surface area contributed by atoms with Crippen molar-refractivity contribution in [1.29, 1.82) is 0 Å². The first-order valence-corrected chi connectivity index (χ1v) is 7.77. The van der Waals surface area contributed by atoms with Gasteiger partial charge >= 0.3 is 5.97 Å². The summed E-state index contributed by atoms with van der Waals surface area (Å²) in [6, 6.07) is 9.29. The average Bonchev–Trinajstić information content (AvgIpc) is 2.35. The fourth-order valence-electron chi connectivity index (χ4n) is 1.46. The number of hydrogen-bond acceptors (Lipinski definition) is 3. The van der Waals surface area contributed by atoms with Crippen molar-refractivity contribution in [1.82, 2.24) is 0 Å². The number of allylic oxidation sites excluding steroid dienone is 1. The maximum Gasteiger partial charge on any atom is 0.331 e. The lowest BCUT2D eigenvalue weighted by Crippen LogP contribution is -2.19. The molecule has 0 fully saturated rings. The third kappa shape index (κ3) is 4.99. The zero-order valence-electron chi connectivity index (χ0n) is 10.7. The van der Waals surface area contributed by atoms with Gasteiger partial charge in [0.2, 0.25) is 7.37 Å². The van der Waals surface area contributed by atoms with Crippen molar-refractivity contribution in [2.45, 2.75) is 19.1 Å². The summed E-state index contributed by atoms with van der Waals surface area (Å²) < 4.78 is 11.8. The van der Waals surface area contributed by atoms with E-state index in [-0.39, 0.29) is 5.57 Å².